The summed E-state index contributed by atoms with van der Waals surface area (Å²) in [5.74, 6) is 1.91. The lowest BCUT2D eigenvalue weighted by molar-refractivity contribution is -0.120. The predicted octanol–water partition coefficient (Wildman–Crippen LogP) is 3.61. The van der Waals surface area contributed by atoms with E-state index in [1.54, 1.807) is 17.3 Å². The second-order valence-corrected chi connectivity index (χ2v) is 7.82. The monoisotopic (exact) mass is 413 g/mol. The van der Waals surface area contributed by atoms with Crippen LogP contribution in [0, 0.1) is 5.92 Å². The number of fused-ring (bicyclic) bond motifs is 3. The standard InChI is InChI=1S/C23H19N5O3/c29-23-16(9-14-2-1-3-15(8-14)20-11-24-13-31-20)6-7-28(23)21-5-4-17-18-10-25-27-19(18)12-30-22(17)26-21/h1-5,8,10-11,13,16H,6-7,9,12H2,(H,25,27). The Labute approximate surface area is 177 Å². The Morgan fingerprint density at radius 1 is 1.16 bits per heavy atom. The topological polar surface area (TPSA) is 97.1 Å². The van der Waals surface area contributed by atoms with Crippen LogP contribution in [0.3, 0.4) is 0 Å². The van der Waals surface area contributed by atoms with Gasteiger partial charge in [-0.15, -0.1) is 0 Å². The number of anilines is 1. The van der Waals surface area contributed by atoms with Gasteiger partial charge in [-0.05, 0) is 36.6 Å². The zero-order valence-electron chi connectivity index (χ0n) is 16.6. The molecule has 0 bridgehead atoms. The van der Waals surface area contributed by atoms with Crippen LogP contribution in [0.15, 0.2) is 59.6 Å². The number of benzene rings is 1. The molecule has 2 aliphatic rings. The Hall–Kier alpha value is -3.94. The van der Waals surface area contributed by atoms with E-state index in [4.69, 9.17) is 9.15 Å². The summed E-state index contributed by atoms with van der Waals surface area (Å²) in [6.45, 7) is 1.05. The third-order valence-electron chi connectivity index (χ3n) is 5.93. The molecule has 1 amide bonds. The molecule has 0 aliphatic carbocycles. The number of aromatic amines is 1. The van der Waals surface area contributed by atoms with Gasteiger partial charge in [0.05, 0.1) is 18.1 Å². The van der Waals surface area contributed by atoms with E-state index in [0.29, 0.717) is 31.3 Å². The number of carbonyl (C=O) groups excluding carboxylic acids is 1. The lowest BCUT2D eigenvalue weighted by atomic mass is 9.96. The molecular weight excluding hydrogens is 394 g/mol. The van der Waals surface area contributed by atoms with E-state index in [-0.39, 0.29) is 11.8 Å². The minimum atomic E-state index is -0.0794. The summed E-state index contributed by atoms with van der Waals surface area (Å²) in [6.07, 6.45) is 6.36. The number of H-pyrrole nitrogens is 1. The van der Waals surface area contributed by atoms with Crippen LogP contribution >= 0.6 is 0 Å². The smallest absolute Gasteiger partial charge is 0.231 e. The number of ether oxygens (including phenoxy) is 1. The molecule has 1 atom stereocenters. The fraction of sp³-hybridized carbons (Fsp3) is 0.217. The van der Waals surface area contributed by atoms with Crippen molar-refractivity contribution in [2.45, 2.75) is 19.4 Å². The number of aromatic nitrogens is 4. The lowest BCUT2D eigenvalue weighted by Crippen LogP contribution is -2.28. The van der Waals surface area contributed by atoms with Crippen molar-refractivity contribution in [3.63, 3.8) is 0 Å². The number of rotatable bonds is 4. The average molecular weight is 413 g/mol. The summed E-state index contributed by atoms with van der Waals surface area (Å²) in [4.78, 5) is 23.5. The molecule has 0 saturated carbocycles. The van der Waals surface area contributed by atoms with Crippen molar-refractivity contribution in [2.75, 3.05) is 11.4 Å². The molecule has 5 heterocycles. The quantitative estimate of drug-likeness (QED) is 0.549. The number of carbonyl (C=O) groups is 1. The summed E-state index contributed by atoms with van der Waals surface area (Å²) in [6, 6.07) is 11.9. The number of oxazole rings is 1. The third-order valence-corrected chi connectivity index (χ3v) is 5.93. The van der Waals surface area contributed by atoms with Gasteiger partial charge in [-0.3, -0.25) is 14.8 Å². The summed E-state index contributed by atoms with van der Waals surface area (Å²) in [5.41, 5.74) is 4.89. The maximum Gasteiger partial charge on any atom is 0.231 e. The molecule has 4 aromatic rings. The summed E-state index contributed by atoms with van der Waals surface area (Å²) in [7, 11) is 0. The molecule has 1 unspecified atom stereocenters. The largest absolute Gasteiger partial charge is 0.471 e. The van der Waals surface area contributed by atoms with Crippen molar-refractivity contribution in [1.29, 1.82) is 0 Å². The van der Waals surface area contributed by atoms with E-state index in [0.717, 1.165) is 40.1 Å². The van der Waals surface area contributed by atoms with Crippen molar-refractivity contribution in [2.24, 2.45) is 5.92 Å². The summed E-state index contributed by atoms with van der Waals surface area (Å²) < 4.78 is 11.2. The molecule has 6 rings (SSSR count). The predicted molar refractivity (Wildman–Crippen MR) is 112 cm³/mol. The summed E-state index contributed by atoms with van der Waals surface area (Å²) >= 11 is 0. The molecule has 1 fully saturated rings. The molecule has 1 N–H and O–H groups in total. The minimum Gasteiger partial charge on any atom is -0.471 e. The van der Waals surface area contributed by atoms with E-state index >= 15 is 0 Å². The van der Waals surface area contributed by atoms with E-state index in [2.05, 4.69) is 26.2 Å². The fourth-order valence-corrected chi connectivity index (χ4v) is 4.34. The number of amides is 1. The van der Waals surface area contributed by atoms with Gasteiger partial charge in [-0.25, -0.2) is 4.98 Å². The molecule has 8 nitrogen and oxygen atoms in total. The van der Waals surface area contributed by atoms with Crippen LogP contribution in [0.2, 0.25) is 0 Å². The van der Waals surface area contributed by atoms with Gasteiger partial charge in [-0.1, -0.05) is 18.2 Å². The Morgan fingerprint density at radius 3 is 3.03 bits per heavy atom. The Morgan fingerprint density at radius 2 is 2.13 bits per heavy atom. The minimum absolute atomic E-state index is 0.0794. The first-order valence-corrected chi connectivity index (χ1v) is 10.2. The highest BCUT2D eigenvalue weighted by molar-refractivity contribution is 5.96. The normalized spacial score (nSPS) is 17.4. The molecule has 1 saturated heterocycles. The molecule has 154 valence electrons. The molecule has 0 spiro atoms. The Balaban J connectivity index is 1.21. The van der Waals surface area contributed by atoms with Gasteiger partial charge in [0.15, 0.2) is 12.2 Å². The van der Waals surface area contributed by atoms with E-state index < -0.39 is 0 Å². The molecule has 8 heteroatoms. The van der Waals surface area contributed by atoms with Gasteiger partial charge in [0.2, 0.25) is 11.8 Å². The van der Waals surface area contributed by atoms with Crippen LogP contribution in [0.5, 0.6) is 5.88 Å². The number of hydrogen-bond acceptors (Lipinski definition) is 6. The molecule has 0 radical (unpaired) electrons. The van der Waals surface area contributed by atoms with E-state index in [9.17, 15) is 4.79 Å². The van der Waals surface area contributed by atoms with Crippen LogP contribution in [-0.4, -0.2) is 32.6 Å². The third kappa shape index (κ3) is 3.07. The van der Waals surface area contributed by atoms with Crippen molar-refractivity contribution >= 4 is 11.7 Å². The summed E-state index contributed by atoms with van der Waals surface area (Å²) in [5, 5.41) is 7.02. The number of hydrogen-bond donors (Lipinski definition) is 1. The van der Waals surface area contributed by atoms with Gasteiger partial charge < -0.3 is 9.15 Å². The van der Waals surface area contributed by atoms with Gasteiger partial charge >= 0.3 is 0 Å². The molecule has 2 aliphatic heterocycles. The lowest BCUT2D eigenvalue weighted by Gasteiger charge is -2.20. The van der Waals surface area contributed by atoms with Crippen molar-refractivity contribution < 1.29 is 13.9 Å². The Kier molecular flexibility index (Phi) is 4.09. The second kappa shape index (κ2) is 7.09. The number of pyridine rings is 1. The van der Waals surface area contributed by atoms with Crippen LogP contribution in [-0.2, 0) is 17.8 Å². The first kappa shape index (κ1) is 17.9. The molecular formula is C23H19N5O3. The SMILES string of the molecule is O=C1C(Cc2cccc(-c3cnco3)c2)CCN1c1ccc2c(n1)OCc1[nH]ncc1-2. The molecule has 1 aromatic carbocycles. The number of nitrogens with zero attached hydrogens (tertiary/aromatic N) is 4. The van der Waals surface area contributed by atoms with Gasteiger partial charge in [0, 0.05) is 29.2 Å². The highest BCUT2D eigenvalue weighted by atomic mass is 16.5. The highest BCUT2D eigenvalue weighted by Crippen LogP contribution is 2.37. The van der Waals surface area contributed by atoms with Gasteiger partial charge in [0.25, 0.3) is 0 Å². The fourth-order valence-electron chi connectivity index (χ4n) is 4.34. The first-order valence-electron chi connectivity index (χ1n) is 10.2. The van der Waals surface area contributed by atoms with Gasteiger partial charge in [-0.2, -0.15) is 10.1 Å². The number of nitrogens with one attached hydrogen (secondary N) is 1. The van der Waals surface area contributed by atoms with Crippen molar-refractivity contribution in [3.8, 4) is 28.3 Å². The molecule has 3 aromatic heterocycles. The van der Waals surface area contributed by atoms with Crippen LogP contribution in [0.1, 0.15) is 17.7 Å². The van der Waals surface area contributed by atoms with Crippen molar-refractivity contribution in [1.82, 2.24) is 20.2 Å². The second-order valence-electron chi connectivity index (χ2n) is 7.82. The Bertz CT molecular complexity index is 1260. The van der Waals surface area contributed by atoms with E-state index in [1.165, 1.54) is 6.39 Å². The maximum atomic E-state index is 13.2. The zero-order valence-corrected chi connectivity index (χ0v) is 16.6. The van der Waals surface area contributed by atoms with Gasteiger partial charge in [0.1, 0.15) is 12.4 Å². The zero-order chi connectivity index (χ0) is 20.8. The van der Waals surface area contributed by atoms with Crippen LogP contribution in [0.25, 0.3) is 22.5 Å². The highest BCUT2D eigenvalue weighted by Gasteiger charge is 2.34. The van der Waals surface area contributed by atoms with Crippen molar-refractivity contribution in [3.05, 3.63) is 66.4 Å². The molecule has 31 heavy (non-hydrogen) atoms. The average Bonchev–Trinajstić information content (AvgIpc) is 3.56. The van der Waals surface area contributed by atoms with Crippen LogP contribution < -0.4 is 9.64 Å². The van der Waals surface area contributed by atoms with E-state index in [1.807, 2.05) is 30.3 Å². The first-order chi connectivity index (χ1) is 15.3. The van der Waals surface area contributed by atoms with Crippen LogP contribution in [0.4, 0.5) is 5.82 Å². The maximum absolute atomic E-state index is 13.2.